The van der Waals surface area contributed by atoms with Crippen LogP contribution in [0.2, 0.25) is 0 Å². The molecule has 1 aromatic rings. The minimum atomic E-state index is -3.76. The third-order valence-electron chi connectivity index (χ3n) is 1.09. The summed E-state index contributed by atoms with van der Waals surface area (Å²) >= 11 is -3.76. The van der Waals surface area contributed by atoms with Crippen LogP contribution >= 0.6 is 10.4 Å². The third-order valence-corrected chi connectivity index (χ3v) is 4.22. The standard InChI is InChI=1S/C6H7AsO2S/c8-7(9,10)6-4-2-1-3-5-6/h1-5H,(H2,8,9,10). The van der Waals surface area contributed by atoms with Crippen molar-refractivity contribution in [2.75, 3.05) is 0 Å². The monoisotopic (exact) mass is 218 g/mol. The summed E-state index contributed by atoms with van der Waals surface area (Å²) in [5.41, 5.74) is 0. The zero-order chi connectivity index (χ0) is 7.61. The summed E-state index contributed by atoms with van der Waals surface area (Å²) in [4.78, 5) is 0. The average Bonchev–Trinajstić information content (AvgIpc) is 1.88. The van der Waals surface area contributed by atoms with Gasteiger partial charge in [-0.2, -0.15) is 0 Å². The van der Waals surface area contributed by atoms with Crippen LogP contribution in [0.3, 0.4) is 0 Å². The molecule has 1 rings (SSSR count). The number of hydrogen-bond acceptors (Lipinski definition) is 1. The van der Waals surface area contributed by atoms with Crippen LogP contribution in [0.4, 0.5) is 0 Å². The van der Waals surface area contributed by atoms with Gasteiger partial charge in [0.1, 0.15) is 0 Å². The Morgan fingerprint density at radius 2 is 1.60 bits per heavy atom. The second kappa shape index (κ2) is 2.89. The van der Waals surface area contributed by atoms with E-state index >= 15 is 0 Å². The maximum absolute atomic E-state index is 9.03. The molecule has 0 saturated carbocycles. The van der Waals surface area contributed by atoms with E-state index in [1.165, 1.54) is 0 Å². The van der Waals surface area contributed by atoms with Gasteiger partial charge >= 0.3 is 65.8 Å². The van der Waals surface area contributed by atoms with Crippen molar-refractivity contribution in [1.29, 1.82) is 0 Å². The van der Waals surface area contributed by atoms with Crippen LogP contribution in [-0.4, -0.2) is 20.8 Å². The van der Waals surface area contributed by atoms with Crippen LogP contribution in [0.5, 0.6) is 0 Å². The van der Waals surface area contributed by atoms with Crippen molar-refractivity contribution in [3.63, 3.8) is 0 Å². The second-order valence-corrected chi connectivity index (χ2v) is 7.89. The van der Waals surface area contributed by atoms with Crippen molar-refractivity contribution in [2.45, 2.75) is 0 Å². The summed E-state index contributed by atoms with van der Waals surface area (Å²) in [5, 5.41) is 0. The Kier molecular flexibility index (Phi) is 2.31. The van der Waals surface area contributed by atoms with Crippen molar-refractivity contribution in [3.8, 4) is 0 Å². The molecule has 0 unspecified atom stereocenters. The second-order valence-electron chi connectivity index (χ2n) is 1.88. The summed E-state index contributed by atoms with van der Waals surface area (Å²) in [5.74, 6) is 0. The van der Waals surface area contributed by atoms with Crippen LogP contribution in [0.25, 0.3) is 0 Å². The topological polar surface area (TPSA) is 40.5 Å². The Morgan fingerprint density at radius 3 is 1.90 bits per heavy atom. The van der Waals surface area contributed by atoms with E-state index in [0.717, 1.165) is 0 Å². The molecule has 0 atom stereocenters. The van der Waals surface area contributed by atoms with E-state index in [4.69, 9.17) is 8.19 Å². The molecule has 0 bridgehead atoms. The number of rotatable bonds is 1. The van der Waals surface area contributed by atoms with E-state index in [-0.39, 0.29) is 0 Å². The molecular formula is C6H7AsO2S. The normalized spacial score (nSPS) is 11.4. The van der Waals surface area contributed by atoms with Gasteiger partial charge in [0.25, 0.3) is 0 Å². The zero-order valence-electron chi connectivity index (χ0n) is 5.14. The van der Waals surface area contributed by atoms with Crippen molar-refractivity contribution in [1.82, 2.24) is 0 Å². The summed E-state index contributed by atoms with van der Waals surface area (Å²) in [6.07, 6.45) is 0. The maximum atomic E-state index is 9.03. The van der Waals surface area contributed by atoms with Gasteiger partial charge in [-0.25, -0.2) is 0 Å². The molecule has 0 heterocycles. The van der Waals surface area contributed by atoms with Crippen LogP contribution in [0.1, 0.15) is 0 Å². The molecule has 2 N–H and O–H groups in total. The van der Waals surface area contributed by atoms with Crippen molar-refractivity contribution < 1.29 is 8.19 Å². The molecule has 0 aliphatic heterocycles. The molecule has 4 heteroatoms. The fourth-order valence-electron chi connectivity index (χ4n) is 0.622. The first-order valence-electron chi connectivity index (χ1n) is 2.72. The van der Waals surface area contributed by atoms with Crippen molar-refractivity contribution in [2.24, 2.45) is 0 Å². The Bertz CT molecular complexity index is 254. The minimum absolute atomic E-state index is 0.496. The summed E-state index contributed by atoms with van der Waals surface area (Å²) < 4.78 is 18.6. The summed E-state index contributed by atoms with van der Waals surface area (Å²) in [7, 11) is 4.53. The van der Waals surface area contributed by atoms with Gasteiger partial charge in [0.05, 0.1) is 0 Å². The first kappa shape index (κ1) is 8.02. The van der Waals surface area contributed by atoms with Crippen LogP contribution in [0, 0.1) is 0 Å². The van der Waals surface area contributed by atoms with Gasteiger partial charge in [-0.15, -0.1) is 0 Å². The Hall–Kier alpha value is -0.0816. The molecule has 0 amide bonds. The summed E-state index contributed by atoms with van der Waals surface area (Å²) in [6.45, 7) is 0. The Balaban J connectivity index is 3.09. The predicted molar refractivity (Wildman–Crippen MR) is 43.9 cm³/mol. The fraction of sp³-hybridized carbons (Fsp3) is 0. The van der Waals surface area contributed by atoms with Crippen LogP contribution < -0.4 is 4.35 Å². The molecule has 0 aromatic heterocycles. The third kappa shape index (κ3) is 1.96. The van der Waals surface area contributed by atoms with Crippen molar-refractivity contribution >= 4 is 27.3 Å². The molecule has 10 heavy (non-hydrogen) atoms. The van der Waals surface area contributed by atoms with Gasteiger partial charge in [0, 0.05) is 0 Å². The molecule has 0 spiro atoms. The Morgan fingerprint density at radius 1 is 1.10 bits per heavy atom. The molecule has 2 nitrogen and oxygen atoms in total. The first-order chi connectivity index (χ1) is 4.61. The first-order valence-corrected chi connectivity index (χ1v) is 8.00. The van der Waals surface area contributed by atoms with E-state index in [9.17, 15) is 0 Å². The van der Waals surface area contributed by atoms with Gasteiger partial charge in [0.15, 0.2) is 0 Å². The molecule has 0 aliphatic carbocycles. The molecule has 0 radical (unpaired) electrons. The predicted octanol–water partition coefficient (Wildman–Crippen LogP) is 0.0146. The fourth-order valence-corrected chi connectivity index (χ4v) is 2.43. The van der Waals surface area contributed by atoms with E-state index in [0.29, 0.717) is 4.35 Å². The van der Waals surface area contributed by atoms with Gasteiger partial charge in [-0.05, 0) is 0 Å². The van der Waals surface area contributed by atoms with Crippen LogP contribution in [-0.2, 0) is 0 Å². The molecule has 0 aliphatic rings. The molecule has 54 valence electrons. The van der Waals surface area contributed by atoms with E-state index < -0.39 is 12.6 Å². The van der Waals surface area contributed by atoms with Gasteiger partial charge < -0.3 is 0 Å². The molecule has 0 saturated heterocycles. The van der Waals surface area contributed by atoms with Crippen molar-refractivity contribution in [3.05, 3.63) is 30.3 Å². The van der Waals surface area contributed by atoms with Crippen LogP contribution in [0.15, 0.2) is 30.3 Å². The summed E-state index contributed by atoms with van der Waals surface area (Å²) in [6, 6.07) is 8.57. The molecule has 1 aromatic carbocycles. The number of hydrogen-bond donors (Lipinski definition) is 2. The quantitative estimate of drug-likeness (QED) is 0.652. The van der Waals surface area contributed by atoms with E-state index in [1.54, 1.807) is 24.3 Å². The van der Waals surface area contributed by atoms with E-state index in [2.05, 4.69) is 10.4 Å². The van der Waals surface area contributed by atoms with Gasteiger partial charge in [0.2, 0.25) is 0 Å². The SMILES string of the molecule is O[As](O)(=S)c1ccccc1. The van der Waals surface area contributed by atoms with Gasteiger partial charge in [-0.1, -0.05) is 0 Å². The molecule has 0 fully saturated rings. The Labute approximate surface area is 66.0 Å². The molecular weight excluding hydrogens is 211 g/mol. The van der Waals surface area contributed by atoms with Gasteiger partial charge in [-0.3, -0.25) is 0 Å². The average molecular weight is 218 g/mol. The van der Waals surface area contributed by atoms with E-state index in [1.807, 2.05) is 6.07 Å². The number of benzene rings is 1. The zero-order valence-corrected chi connectivity index (χ0v) is 7.83.